The lowest BCUT2D eigenvalue weighted by atomic mass is 9.92. The van der Waals surface area contributed by atoms with Crippen molar-refractivity contribution in [2.75, 3.05) is 52.4 Å². The van der Waals surface area contributed by atoms with Crippen molar-refractivity contribution in [2.24, 2.45) is 11.8 Å². The van der Waals surface area contributed by atoms with E-state index in [1.54, 1.807) is 0 Å². The summed E-state index contributed by atoms with van der Waals surface area (Å²) in [5, 5.41) is 12.2. The quantitative estimate of drug-likeness (QED) is 0.306. The number of nitrogens with one attached hydrogen (secondary N) is 1. The van der Waals surface area contributed by atoms with Gasteiger partial charge < -0.3 is 15.2 Å². The largest absolute Gasteiger partial charge is 0.395 e. The zero-order valence-corrected chi connectivity index (χ0v) is 15.5. The number of ketones is 1. The smallest absolute Gasteiger partial charge is 0.160 e. The Morgan fingerprint density at radius 3 is 2.40 bits per heavy atom. The molecule has 0 spiro atoms. The van der Waals surface area contributed by atoms with Gasteiger partial charge in [-0.15, -0.1) is 0 Å². The molecule has 2 N–H and O–H groups in total. The van der Waals surface area contributed by atoms with Crippen LogP contribution in [0.1, 0.15) is 32.6 Å². The van der Waals surface area contributed by atoms with Crippen LogP contribution < -0.4 is 5.32 Å². The maximum absolute atomic E-state index is 12.3. The summed E-state index contributed by atoms with van der Waals surface area (Å²) in [5.74, 6) is 0.979. The van der Waals surface area contributed by atoms with E-state index >= 15 is 0 Å². The fourth-order valence-electron chi connectivity index (χ4n) is 3.44. The van der Waals surface area contributed by atoms with E-state index in [2.05, 4.69) is 15.1 Å². The first-order chi connectivity index (χ1) is 12.1. The zero-order chi connectivity index (χ0) is 18.1. The second-order valence-electron chi connectivity index (χ2n) is 7.32. The zero-order valence-electron chi connectivity index (χ0n) is 15.5. The first-order valence-electron chi connectivity index (χ1n) is 9.56. The minimum atomic E-state index is 0.156. The van der Waals surface area contributed by atoms with Gasteiger partial charge in [-0.3, -0.25) is 14.6 Å². The molecular formula is C19H33N3O3. The Bertz CT molecular complexity index is 455. The van der Waals surface area contributed by atoms with Crippen LogP contribution in [0.15, 0.2) is 11.8 Å². The number of Topliss-reactive ketones (excluding diaryl/α,β-unsaturated/α-hetero) is 1. The van der Waals surface area contributed by atoms with Gasteiger partial charge in [0.15, 0.2) is 5.78 Å². The van der Waals surface area contributed by atoms with Crippen LogP contribution in [-0.4, -0.2) is 79.4 Å². The number of nitrogens with zero attached hydrogens (tertiary/aromatic N) is 2. The van der Waals surface area contributed by atoms with Crippen LogP contribution in [0, 0.1) is 11.8 Å². The predicted molar refractivity (Wildman–Crippen MR) is 98.2 cm³/mol. The van der Waals surface area contributed by atoms with Crippen molar-refractivity contribution in [2.45, 2.75) is 32.6 Å². The molecule has 2 fully saturated rings. The van der Waals surface area contributed by atoms with E-state index in [1.807, 2.05) is 13.1 Å². The number of aldehydes is 1. The lowest BCUT2D eigenvalue weighted by Gasteiger charge is -2.34. The number of aliphatic hydroxyl groups is 1. The van der Waals surface area contributed by atoms with Crippen molar-refractivity contribution in [3.05, 3.63) is 11.8 Å². The summed E-state index contributed by atoms with van der Waals surface area (Å²) < 4.78 is 0. The summed E-state index contributed by atoms with van der Waals surface area (Å²) in [7, 11) is 0. The molecule has 0 aromatic heterocycles. The van der Waals surface area contributed by atoms with Crippen molar-refractivity contribution < 1.29 is 14.7 Å². The normalized spacial score (nSPS) is 21.1. The Morgan fingerprint density at radius 1 is 1.20 bits per heavy atom. The molecule has 0 amide bonds. The highest BCUT2D eigenvalue weighted by Gasteiger charge is 2.32. The molecule has 1 unspecified atom stereocenters. The molecule has 142 valence electrons. The molecule has 2 rings (SSSR count). The Labute approximate surface area is 151 Å². The van der Waals surface area contributed by atoms with Crippen LogP contribution >= 0.6 is 0 Å². The van der Waals surface area contributed by atoms with Crippen LogP contribution in [0.25, 0.3) is 0 Å². The number of hydrogen-bond acceptors (Lipinski definition) is 6. The molecule has 6 nitrogen and oxygen atoms in total. The number of hydrogen-bond donors (Lipinski definition) is 2. The van der Waals surface area contributed by atoms with Crippen molar-refractivity contribution in [3.63, 3.8) is 0 Å². The third kappa shape index (κ3) is 7.26. The first-order valence-corrected chi connectivity index (χ1v) is 9.56. The van der Waals surface area contributed by atoms with Gasteiger partial charge in [0.1, 0.15) is 6.29 Å². The summed E-state index contributed by atoms with van der Waals surface area (Å²) in [6.45, 7) is 8.70. The number of aliphatic hydroxyl groups excluding tert-OH is 1. The third-order valence-corrected chi connectivity index (χ3v) is 5.35. The third-order valence-electron chi connectivity index (χ3n) is 5.35. The molecule has 6 heteroatoms. The van der Waals surface area contributed by atoms with Crippen molar-refractivity contribution in [1.29, 1.82) is 0 Å². The molecule has 1 saturated carbocycles. The van der Waals surface area contributed by atoms with Crippen molar-refractivity contribution >= 4 is 12.1 Å². The highest BCUT2D eigenvalue weighted by atomic mass is 16.3. The van der Waals surface area contributed by atoms with E-state index in [0.29, 0.717) is 18.8 Å². The molecule has 1 aliphatic carbocycles. The van der Waals surface area contributed by atoms with Crippen LogP contribution in [0.2, 0.25) is 0 Å². The summed E-state index contributed by atoms with van der Waals surface area (Å²) >= 11 is 0. The second-order valence-corrected chi connectivity index (χ2v) is 7.32. The van der Waals surface area contributed by atoms with Crippen molar-refractivity contribution in [1.82, 2.24) is 15.1 Å². The molecule has 0 radical (unpaired) electrons. The average molecular weight is 351 g/mol. The van der Waals surface area contributed by atoms with E-state index < -0.39 is 0 Å². The molecule has 1 heterocycles. The van der Waals surface area contributed by atoms with Crippen LogP contribution in [0.4, 0.5) is 0 Å². The molecular weight excluding hydrogens is 318 g/mol. The number of carbonyl (C=O) groups excluding carboxylic acids is 2. The number of carbonyl (C=O) groups is 2. The Balaban J connectivity index is 1.62. The second kappa shape index (κ2) is 10.7. The van der Waals surface area contributed by atoms with Crippen molar-refractivity contribution in [3.8, 4) is 0 Å². The van der Waals surface area contributed by atoms with Crippen LogP contribution in [-0.2, 0) is 9.59 Å². The fraction of sp³-hybridized carbons (Fsp3) is 0.789. The molecule has 0 bridgehead atoms. The SMILES string of the molecule is C/C(=C\NCCN1CCN(CCO)CC1)C(=O)CC(CC=O)C1CC1. The van der Waals surface area contributed by atoms with E-state index in [0.717, 1.165) is 57.7 Å². The number of allylic oxidation sites excluding steroid dienone is 1. The summed E-state index contributed by atoms with van der Waals surface area (Å²) in [5.41, 5.74) is 0.754. The van der Waals surface area contributed by atoms with Gasteiger partial charge in [-0.05, 0) is 31.6 Å². The lowest BCUT2D eigenvalue weighted by Crippen LogP contribution is -2.48. The molecule has 0 aromatic rings. The maximum Gasteiger partial charge on any atom is 0.160 e. The van der Waals surface area contributed by atoms with Gasteiger partial charge in [-0.25, -0.2) is 0 Å². The minimum Gasteiger partial charge on any atom is -0.395 e. The average Bonchev–Trinajstić information content (AvgIpc) is 3.44. The summed E-state index contributed by atoms with van der Waals surface area (Å²) in [6.07, 6.45) is 6.12. The van der Waals surface area contributed by atoms with Gasteiger partial charge >= 0.3 is 0 Å². The van der Waals surface area contributed by atoms with E-state index in [9.17, 15) is 9.59 Å². The summed E-state index contributed by atoms with van der Waals surface area (Å²) in [6, 6.07) is 0. The van der Waals surface area contributed by atoms with E-state index in [1.165, 1.54) is 12.8 Å². The fourth-order valence-corrected chi connectivity index (χ4v) is 3.44. The highest BCUT2D eigenvalue weighted by molar-refractivity contribution is 5.94. The summed E-state index contributed by atoms with van der Waals surface area (Å²) in [4.78, 5) is 27.7. The highest BCUT2D eigenvalue weighted by Crippen LogP contribution is 2.40. The standard InChI is InChI=1S/C19H33N3O3/c1-16(19(25)14-18(4-12-23)17-2-3-17)15-20-5-6-21-7-9-22(10-8-21)11-13-24/h12,15,17-18,20,24H,2-11,13-14H2,1H3/b16-15+. The molecule has 0 aromatic carbocycles. The first kappa shape index (κ1) is 20.1. The van der Waals surface area contributed by atoms with Crippen LogP contribution in [0.3, 0.4) is 0 Å². The number of β-amino-alcohol motifs (C(OH)–C–C–N with tert-alkyl or cyclic N) is 1. The van der Waals surface area contributed by atoms with Crippen LogP contribution in [0.5, 0.6) is 0 Å². The topological polar surface area (TPSA) is 72.9 Å². The van der Waals surface area contributed by atoms with Gasteiger partial charge in [-0.1, -0.05) is 0 Å². The van der Waals surface area contributed by atoms with Gasteiger partial charge in [0, 0.05) is 70.4 Å². The Hall–Kier alpha value is -1.24. The monoisotopic (exact) mass is 351 g/mol. The van der Waals surface area contributed by atoms with Gasteiger partial charge in [0.2, 0.25) is 0 Å². The molecule has 1 atom stereocenters. The van der Waals surface area contributed by atoms with Gasteiger partial charge in [0.25, 0.3) is 0 Å². The van der Waals surface area contributed by atoms with Gasteiger partial charge in [0.05, 0.1) is 6.61 Å². The van der Waals surface area contributed by atoms with E-state index in [-0.39, 0.29) is 18.3 Å². The number of piperazine rings is 1. The lowest BCUT2D eigenvalue weighted by molar-refractivity contribution is -0.117. The van der Waals surface area contributed by atoms with Gasteiger partial charge in [-0.2, -0.15) is 0 Å². The minimum absolute atomic E-state index is 0.156. The predicted octanol–water partition coefficient (Wildman–Crippen LogP) is 0.664. The Kier molecular flexibility index (Phi) is 8.58. The molecule has 1 saturated heterocycles. The number of rotatable bonds is 12. The maximum atomic E-state index is 12.3. The Morgan fingerprint density at radius 2 is 1.84 bits per heavy atom. The molecule has 2 aliphatic rings. The molecule has 1 aliphatic heterocycles. The molecule has 25 heavy (non-hydrogen) atoms. The van der Waals surface area contributed by atoms with E-state index in [4.69, 9.17) is 5.11 Å².